The van der Waals surface area contributed by atoms with Gasteiger partial charge in [0.25, 0.3) is 11.5 Å². The molecule has 0 bridgehead atoms. The molecular weight excluding hydrogens is 642 g/mol. The van der Waals surface area contributed by atoms with E-state index in [9.17, 15) is 9.59 Å². The number of furan rings is 1. The largest absolute Gasteiger partial charge is 0.449 e. The number of benzene rings is 3. The molecule has 0 fully saturated rings. The molecule has 10 heteroatoms. The second kappa shape index (κ2) is 11.7. The third-order valence-corrected chi connectivity index (χ3v) is 9.47. The lowest BCUT2D eigenvalue weighted by Crippen LogP contribution is -2.40. The fraction of sp³-hybridized carbons (Fsp3) is 0.0645. The molecule has 6 rings (SSSR count). The molecule has 1 atom stereocenters. The monoisotopic (exact) mass is 661 g/mol. The average Bonchev–Trinajstić information content (AvgIpc) is 3.46. The van der Waals surface area contributed by atoms with Crippen LogP contribution in [0.5, 0.6) is 0 Å². The molecule has 2 aromatic heterocycles. The van der Waals surface area contributed by atoms with Crippen molar-refractivity contribution in [1.29, 1.82) is 0 Å². The Morgan fingerprint density at radius 3 is 2.46 bits per heavy atom. The third kappa shape index (κ3) is 5.76. The molecule has 1 amide bonds. The number of allylic oxidation sites excluding steroid dienone is 1. The normalized spacial score (nSPS) is 15.0. The van der Waals surface area contributed by atoms with Gasteiger partial charge in [-0.2, -0.15) is 0 Å². The van der Waals surface area contributed by atoms with Crippen molar-refractivity contribution in [2.24, 2.45) is 4.99 Å². The Hall–Kier alpha value is -3.63. The van der Waals surface area contributed by atoms with E-state index in [0.29, 0.717) is 42.2 Å². The maximum Gasteiger partial charge on any atom is 0.271 e. The van der Waals surface area contributed by atoms with Gasteiger partial charge in [0.15, 0.2) is 9.89 Å². The average molecular weight is 663 g/mol. The number of thiazole rings is 1. The summed E-state index contributed by atoms with van der Waals surface area (Å²) in [5.41, 5.74) is 2.05. The number of amides is 1. The van der Waals surface area contributed by atoms with Crippen LogP contribution in [0.15, 0.2) is 131 Å². The van der Waals surface area contributed by atoms with Crippen molar-refractivity contribution in [3.8, 4) is 0 Å². The molecule has 1 aliphatic heterocycles. The summed E-state index contributed by atoms with van der Waals surface area (Å²) in [6, 6.07) is 27.4. The van der Waals surface area contributed by atoms with Crippen molar-refractivity contribution in [2.75, 3.05) is 5.32 Å². The number of aromatic nitrogens is 1. The number of para-hydroxylation sites is 1. The molecule has 0 radical (unpaired) electrons. The summed E-state index contributed by atoms with van der Waals surface area (Å²) in [5.74, 6) is 0.200. The van der Waals surface area contributed by atoms with Crippen LogP contribution in [0.25, 0.3) is 6.08 Å². The van der Waals surface area contributed by atoms with E-state index in [4.69, 9.17) is 21.0 Å². The molecule has 0 saturated carbocycles. The van der Waals surface area contributed by atoms with E-state index < -0.39 is 6.04 Å². The van der Waals surface area contributed by atoms with Crippen LogP contribution in [0.3, 0.4) is 0 Å². The molecule has 1 aliphatic rings. The van der Waals surface area contributed by atoms with Gasteiger partial charge in [-0.15, -0.1) is 0 Å². The Morgan fingerprint density at radius 1 is 1.07 bits per heavy atom. The summed E-state index contributed by atoms with van der Waals surface area (Å²) in [5, 5.41) is 4.20. The number of halogens is 2. The predicted molar refractivity (Wildman–Crippen MR) is 167 cm³/mol. The molecule has 0 spiro atoms. The SMILES string of the molecule is CC1=C(C(=O)Nc2ccccc2)[C@H](c2ccc(Cl)cc2)n2c(s/c(=C/c3cc(Br)c(Sc4ccccc4)o3)c2=O)=N1. The second-order valence-corrected chi connectivity index (χ2v) is 12.5. The van der Waals surface area contributed by atoms with Crippen LogP contribution < -0.4 is 20.2 Å². The minimum absolute atomic E-state index is 0.268. The molecule has 6 nitrogen and oxygen atoms in total. The molecule has 0 aliphatic carbocycles. The molecule has 5 aromatic rings. The van der Waals surface area contributed by atoms with Gasteiger partial charge in [0.05, 0.1) is 26.3 Å². The highest BCUT2D eigenvalue weighted by Crippen LogP contribution is 2.36. The number of anilines is 1. The van der Waals surface area contributed by atoms with Gasteiger partial charge < -0.3 is 9.73 Å². The third-order valence-electron chi connectivity index (χ3n) is 6.39. The number of rotatable bonds is 6. The van der Waals surface area contributed by atoms with E-state index in [-0.39, 0.29) is 11.5 Å². The number of carbonyl (C=O) groups excluding carboxylic acids is 1. The zero-order valence-corrected chi connectivity index (χ0v) is 25.5. The summed E-state index contributed by atoms with van der Waals surface area (Å²) in [7, 11) is 0. The Kier molecular flexibility index (Phi) is 7.86. The number of hydrogen-bond acceptors (Lipinski definition) is 6. The Morgan fingerprint density at radius 2 is 1.76 bits per heavy atom. The first kappa shape index (κ1) is 27.5. The van der Waals surface area contributed by atoms with Crippen molar-refractivity contribution in [3.05, 3.63) is 143 Å². The highest BCUT2D eigenvalue weighted by Gasteiger charge is 2.32. The molecule has 41 heavy (non-hydrogen) atoms. The van der Waals surface area contributed by atoms with Gasteiger partial charge in [-0.25, -0.2) is 4.99 Å². The van der Waals surface area contributed by atoms with Crippen LogP contribution in [0.2, 0.25) is 5.02 Å². The van der Waals surface area contributed by atoms with E-state index in [0.717, 1.165) is 14.9 Å². The van der Waals surface area contributed by atoms with E-state index >= 15 is 0 Å². The van der Waals surface area contributed by atoms with Crippen LogP contribution in [-0.2, 0) is 4.79 Å². The number of nitrogens with one attached hydrogen (secondary N) is 1. The Bertz CT molecular complexity index is 1960. The summed E-state index contributed by atoms with van der Waals surface area (Å²) in [4.78, 5) is 33.8. The van der Waals surface area contributed by atoms with Gasteiger partial charge in [0.2, 0.25) is 0 Å². The molecule has 1 N–H and O–H groups in total. The smallest absolute Gasteiger partial charge is 0.271 e. The fourth-order valence-corrected chi connectivity index (χ4v) is 7.03. The fourth-order valence-electron chi connectivity index (χ4n) is 4.53. The number of nitrogens with zero attached hydrogens (tertiary/aromatic N) is 2. The Balaban J connectivity index is 1.43. The topological polar surface area (TPSA) is 76.6 Å². The first-order valence-corrected chi connectivity index (χ1v) is 15.3. The zero-order chi connectivity index (χ0) is 28.5. The minimum Gasteiger partial charge on any atom is -0.449 e. The van der Waals surface area contributed by atoms with Crippen molar-refractivity contribution in [2.45, 2.75) is 23.0 Å². The summed E-state index contributed by atoms with van der Waals surface area (Å²) >= 11 is 12.5. The van der Waals surface area contributed by atoms with Gasteiger partial charge in [0.1, 0.15) is 5.76 Å². The van der Waals surface area contributed by atoms with Crippen LogP contribution in [-0.4, -0.2) is 10.5 Å². The van der Waals surface area contributed by atoms with Gasteiger partial charge in [0, 0.05) is 21.7 Å². The van der Waals surface area contributed by atoms with Crippen molar-refractivity contribution >= 4 is 68.3 Å². The van der Waals surface area contributed by atoms with E-state index in [1.54, 1.807) is 29.7 Å². The lowest BCUT2D eigenvalue weighted by atomic mass is 9.95. The number of fused-ring (bicyclic) bond motifs is 1. The summed E-state index contributed by atoms with van der Waals surface area (Å²) < 4.78 is 8.89. The van der Waals surface area contributed by atoms with Gasteiger partial charge in [-0.05, 0) is 70.9 Å². The van der Waals surface area contributed by atoms with Gasteiger partial charge in [-0.3, -0.25) is 14.2 Å². The molecule has 0 unspecified atom stereocenters. The van der Waals surface area contributed by atoms with Crippen LogP contribution >= 0.6 is 50.6 Å². The van der Waals surface area contributed by atoms with Crippen LogP contribution in [0.4, 0.5) is 5.69 Å². The zero-order valence-electron chi connectivity index (χ0n) is 21.5. The number of carbonyl (C=O) groups is 1. The highest BCUT2D eigenvalue weighted by atomic mass is 79.9. The van der Waals surface area contributed by atoms with E-state index in [1.165, 1.54) is 23.1 Å². The van der Waals surface area contributed by atoms with Crippen molar-refractivity contribution in [1.82, 2.24) is 4.57 Å². The van der Waals surface area contributed by atoms with Gasteiger partial charge in [-0.1, -0.05) is 83.2 Å². The first-order chi connectivity index (χ1) is 19.9. The molecule has 204 valence electrons. The highest BCUT2D eigenvalue weighted by molar-refractivity contribution is 9.10. The van der Waals surface area contributed by atoms with Crippen LogP contribution in [0.1, 0.15) is 24.3 Å². The molecule has 0 saturated heterocycles. The van der Waals surface area contributed by atoms with Crippen molar-refractivity contribution in [3.63, 3.8) is 0 Å². The predicted octanol–water partition coefficient (Wildman–Crippen LogP) is 7.03. The standard InChI is InChI=1S/C31H21BrClN3O3S2/c1-18-26(28(37)35-21-8-4-2-5-9-21)27(19-12-14-20(33)15-13-19)36-29(38)25(41-31(36)34-18)17-22-16-24(32)30(39-22)40-23-10-6-3-7-11-23/h2-17,27H,1H3,(H,35,37)/b25-17+/t27-/m0/s1. The lowest BCUT2D eigenvalue weighted by molar-refractivity contribution is -0.113. The number of hydrogen-bond donors (Lipinski definition) is 1. The maximum atomic E-state index is 13.9. The quantitative estimate of drug-likeness (QED) is 0.212. The molecule has 3 aromatic carbocycles. The first-order valence-electron chi connectivity index (χ1n) is 12.5. The van der Waals surface area contributed by atoms with E-state index in [2.05, 4.69) is 21.2 Å². The van der Waals surface area contributed by atoms with Crippen LogP contribution in [0, 0.1) is 0 Å². The maximum absolute atomic E-state index is 13.9. The molecule has 3 heterocycles. The Labute approximate surface area is 256 Å². The second-order valence-electron chi connectivity index (χ2n) is 9.15. The lowest BCUT2D eigenvalue weighted by Gasteiger charge is -2.25. The minimum atomic E-state index is -0.693. The van der Waals surface area contributed by atoms with Crippen molar-refractivity contribution < 1.29 is 9.21 Å². The van der Waals surface area contributed by atoms with Gasteiger partial charge >= 0.3 is 0 Å². The van der Waals surface area contributed by atoms with E-state index in [1.807, 2.05) is 78.9 Å². The molecular formula is C31H21BrClN3O3S2. The summed E-state index contributed by atoms with van der Waals surface area (Å²) in [6.45, 7) is 1.79. The summed E-state index contributed by atoms with van der Waals surface area (Å²) in [6.07, 6.45) is 1.71.